The minimum Gasteiger partial charge on any atom is -0.349 e. The molecule has 1 atom stereocenters. The first kappa shape index (κ1) is 14.4. The lowest BCUT2D eigenvalue weighted by Crippen LogP contribution is -2.33. The second kappa shape index (κ2) is 6.42. The van der Waals surface area contributed by atoms with Crippen LogP contribution < -0.4 is 5.32 Å². The Morgan fingerprint density at radius 1 is 1.32 bits per heavy atom. The highest BCUT2D eigenvalue weighted by atomic mass is 35.5. The van der Waals surface area contributed by atoms with Crippen molar-refractivity contribution < 1.29 is 4.79 Å². The first-order chi connectivity index (χ1) is 9.04. The summed E-state index contributed by atoms with van der Waals surface area (Å²) >= 11 is 13.5. The Hall–Kier alpha value is -1.03. The van der Waals surface area contributed by atoms with Crippen LogP contribution >= 0.6 is 34.5 Å². The van der Waals surface area contributed by atoms with Crippen LogP contribution in [0.3, 0.4) is 0 Å². The number of benzene rings is 1. The number of halogens is 2. The number of nitrogens with one attached hydrogen (secondary N) is 1. The van der Waals surface area contributed by atoms with E-state index in [0.29, 0.717) is 15.6 Å². The lowest BCUT2D eigenvalue weighted by atomic mass is 10.1. The molecule has 1 unspecified atom stereocenters. The summed E-state index contributed by atoms with van der Waals surface area (Å²) in [6.45, 7) is 1.98. The summed E-state index contributed by atoms with van der Waals surface area (Å²) in [5.41, 5.74) is 0.482. The van der Waals surface area contributed by atoms with E-state index in [2.05, 4.69) is 11.4 Å². The lowest BCUT2D eigenvalue weighted by Gasteiger charge is -2.13. The molecule has 2 nitrogen and oxygen atoms in total. The van der Waals surface area contributed by atoms with Crippen molar-refractivity contribution >= 4 is 40.4 Å². The Morgan fingerprint density at radius 3 is 2.58 bits per heavy atom. The van der Waals surface area contributed by atoms with E-state index < -0.39 is 0 Å². The summed E-state index contributed by atoms with van der Waals surface area (Å²) in [5, 5.41) is 5.89. The molecule has 0 radical (unpaired) electrons. The molecule has 1 heterocycles. The summed E-state index contributed by atoms with van der Waals surface area (Å²) < 4.78 is 0. The van der Waals surface area contributed by atoms with Gasteiger partial charge in [0.1, 0.15) is 0 Å². The highest BCUT2D eigenvalue weighted by Crippen LogP contribution is 2.19. The summed E-state index contributed by atoms with van der Waals surface area (Å²) in [6.07, 6.45) is 0.817. The van der Waals surface area contributed by atoms with Crippen LogP contribution in [0.1, 0.15) is 22.2 Å². The summed E-state index contributed by atoms with van der Waals surface area (Å²) in [5.74, 6) is -0.159. The highest BCUT2D eigenvalue weighted by Gasteiger charge is 2.12. The molecule has 1 amide bonds. The Kier molecular flexibility index (Phi) is 4.86. The van der Waals surface area contributed by atoms with Gasteiger partial charge in [-0.25, -0.2) is 0 Å². The van der Waals surface area contributed by atoms with Gasteiger partial charge >= 0.3 is 0 Å². The van der Waals surface area contributed by atoms with E-state index in [1.807, 2.05) is 18.4 Å². The molecule has 100 valence electrons. The number of rotatable bonds is 4. The first-order valence-electron chi connectivity index (χ1n) is 5.84. The molecule has 19 heavy (non-hydrogen) atoms. The lowest BCUT2D eigenvalue weighted by molar-refractivity contribution is 0.0940. The third kappa shape index (κ3) is 4.23. The second-order valence-electron chi connectivity index (χ2n) is 4.32. The van der Waals surface area contributed by atoms with Crippen molar-refractivity contribution in [1.29, 1.82) is 0 Å². The van der Waals surface area contributed by atoms with Crippen molar-refractivity contribution in [3.8, 4) is 0 Å². The van der Waals surface area contributed by atoms with E-state index in [-0.39, 0.29) is 11.9 Å². The van der Waals surface area contributed by atoms with E-state index in [9.17, 15) is 4.79 Å². The van der Waals surface area contributed by atoms with Crippen molar-refractivity contribution in [3.63, 3.8) is 0 Å². The van der Waals surface area contributed by atoms with Crippen molar-refractivity contribution in [3.05, 3.63) is 56.2 Å². The van der Waals surface area contributed by atoms with E-state index in [1.165, 1.54) is 4.88 Å². The maximum Gasteiger partial charge on any atom is 0.251 e. The summed E-state index contributed by atoms with van der Waals surface area (Å²) in [7, 11) is 0. The zero-order chi connectivity index (χ0) is 13.8. The Morgan fingerprint density at radius 2 is 2.00 bits per heavy atom. The van der Waals surface area contributed by atoms with Crippen LogP contribution in [0.5, 0.6) is 0 Å². The monoisotopic (exact) mass is 313 g/mol. The standard InChI is InChI=1S/C14H13Cl2NOS/c1-9(5-13-3-2-4-19-13)17-14(18)10-6-11(15)8-12(16)7-10/h2-4,6-9H,5H2,1H3,(H,17,18). The molecule has 0 aliphatic carbocycles. The fraction of sp³-hybridized carbons (Fsp3) is 0.214. The van der Waals surface area contributed by atoms with E-state index in [0.717, 1.165) is 6.42 Å². The van der Waals surface area contributed by atoms with Gasteiger partial charge < -0.3 is 5.32 Å². The number of carbonyl (C=O) groups is 1. The van der Waals surface area contributed by atoms with E-state index in [1.54, 1.807) is 29.5 Å². The quantitative estimate of drug-likeness (QED) is 0.889. The van der Waals surface area contributed by atoms with E-state index in [4.69, 9.17) is 23.2 Å². The van der Waals surface area contributed by atoms with Crippen LogP contribution in [0.15, 0.2) is 35.7 Å². The average molecular weight is 314 g/mol. The SMILES string of the molecule is CC(Cc1cccs1)NC(=O)c1cc(Cl)cc(Cl)c1. The van der Waals surface area contributed by atoms with Gasteiger partial charge in [0, 0.05) is 32.9 Å². The average Bonchev–Trinajstić information content (AvgIpc) is 2.80. The molecular formula is C14H13Cl2NOS. The zero-order valence-corrected chi connectivity index (χ0v) is 12.6. The third-order valence-electron chi connectivity index (χ3n) is 2.59. The number of amides is 1. The number of hydrogen-bond acceptors (Lipinski definition) is 2. The van der Waals surface area contributed by atoms with Gasteiger partial charge in [-0.05, 0) is 36.6 Å². The Balaban J connectivity index is 2.00. The molecule has 0 saturated carbocycles. The second-order valence-corrected chi connectivity index (χ2v) is 6.22. The van der Waals surface area contributed by atoms with Crippen molar-refractivity contribution in [1.82, 2.24) is 5.32 Å². The topological polar surface area (TPSA) is 29.1 Å². The van der Waals surface area contributed by atoms with Gasteiger partial charge in [0.15, 0.2) is 0 Å². The molecule has 2 rings (SSSR count). The molecule has 0 fully saturated rings. The van der Waals surface area contributed by atoms with Gasteiger partial charge in [-0.3, -0.25) is 4.79 Å². The fourth-order valence-corrected chi connectivity index (χ4v) is 3.13. The molecule has 0 bridgehead atoms. The van der Waals surface area contributed by atoms with E-state index >= 15 is 0 Å². The van der Waals surface area contributed by atoms with Gasteiger partial charge in [0.2, 0.25) is 0 Å². The minimum absolute atomic E-state index is 0.0592. The molecule has 0 saturated heterocycles. The van der Waals surface area contributed by atoms with Crippen molar-refractivity contribution in [2.45, 2.75) is 19.4 Å². The number of thiophene rings is 1. The molecule has 0 spiro atoms. The maximum atomic E-state index is 12.1. The highest BCUT2D eigenvalue weighted by molar-refractivity contribution is 7.09. The predicted molar refractivity (Wildman–Crippen MR) is 81.4 cm³/mol. The fourth-order valence-electron chi connectivity index (χ4n) is 1.77. The molecular weight excluding hydrogens is 301 g/mol. The third-order valence-corrected chi connectivity index (χ3v) is 3.92. The van der Waals surface area contributed by atoms with Crippen molar-refractivity contribution in [2.24, 2.45) is 0 Å². The van der Waals surface area contributed by atoms with Gasteiger partial charge in [0.25, 0.3) is 5.91 Å². The molecule has 5 heteroatoms. The largest absolute Gasteiger partial charge is 0.349 e. The number of carbonyl (C=O) groups excluding carboxylic acids is 1. The van der Waals surface area contributed by atoms with Gasteiger partial charge in [0.05, 0.1) is 0 Å². The van der Waals surface area contributed by atoms with Crippen LogP contribution in [0.2, 0.25) is 10.0 Å². The zero-order valence-electron chi connectivity index (χ0n) is 10.3. The molecule has 0 aliphatic heterocycles. The Bertz CT molecular complexity index is 549. The maximum absolute atomic E-state index is 12.1. The summed E-state index contributed by atoms with van der Waals surface area (Å²) in [4.78, 5) is 13.3. The minimum atomic E-state index is -0.159. The van der Waals surface area contributed by atoms with Crippen LogP contribution in [0, 0.1) is 0 Å². The normalized spacial score (nSPS) is 12.2. The van der Waals surface area contributed by atoms with Crippen LogP contribution in [0.25, 0.3) is 0 Å². The molecule has 2 aromatic rings. The Labute approximate surface area is 126 Å². The van der Waals surface area contributed by atoms with Gasteiger partial charge in [-0.15, -0.1) is 11.3 Å². The van der Waals surface area contributed by atoms with Crippen LogP contribution in [-0.4, -0.2) is 11.9 Å². The molecule has 1 aromatic carbocycles. The van der Waals surface area contributed by atoms with Gasteiger partial charge in [-0.1, -0.05) is 29.3 Å². The van der Waals surface area contributed by atoms with Crippen LogP contribution in [0.4, 0.5) is 0 Å². The van der Waals surface area contributed by atoms with Crippen molar-refractivity contribution in [2.75, 3.05) is 0 Å². The molecule has 1 aromatic heterocycles. The molecule has 1 N–H and O–H groups in total. The first-order valence-corrected chi connectivity index (χ1v) is 7.47. The predicted octanol–water partition coefficient (Wildman–Crippen LogP) is 4.42. The summed E-state index contributed by atoms with van der Waals surface area (Å²) in [6, 6.07) is 8.95. The smallest absolute Gasteiger partial charge is 0.251 e. The van der Waals surface area contributed by atoms with Crippen LogP contribution in [-0.2, 0) is 6.42 Å². The van der Waals surface area contributed by atoms with Gasteiger partial charge in [-0.2, -0.15) is 0 Å². The molecule has 0 aliphatic rings. The number of hydrogen-bond donors (Lipinski definition) is 1.